The van der Waals surface area contributed by atoms with Crippen LogP contribution >= 0.6 is 12.2 Å². The Kier molecular flexibility index (Phi) is 4.08. The summed E-state index contributed by atoms with van der Waals surface area (Å²) in [6.45, 7) is 3.36. The molecule has 1 heterocycles. The van der Waals surface area contributed by atoms with Gasteiger partial charge in [0, 0.05) is 18.2 Å². The van der Waals surface area contributed by atoms with E-state index in [9.17, 15) is 4.79 Å². The van der Waals surface area contributed by atoms with E-state index in [1.54, 1.807) is 0 Å². The fraction of sp³-hybridized carbons (Fsp3) is 0.118. The molecule has 6 heteroatoms. The number of amides is 1. The number of thiocarbonyl (C=S) groups is 1. The number of fused-ring (bicyclic) bond motifs is 1. The highest BCUT2D eigenvalue weighted by molar-refractivity contribution is 7.80. The fourth-order valence-electron chi connectivity index (χ4n) is 2.30. The fourth-order valence-corrected chi connectivity index (χ4v) is 2.56. The summed E-state index contributed by atoms with van der Waals surface area (Å²) in [4.78, 5) is 15.6. The van der Waals surface area contributed by atoms with E-state index < -0.39 is 0 Å². The standard InChI is InChI=1S/C17H15N3O2S/c1-10-12(16-19-14-7-3-4-9-15(14)22-16)6-5-8-13(10)20-17(23)18-11(2)21/h3-9H,1-2H3,(H2,18,20,21,23). The molecule has 3 aromatic rings. The van der Waals surface area contributed by atoms with Gasteiger partial charge >= 0.3 is 0 Å². The number of benzene rings is 2. The third-order valence-corrected chi connectivity index (χ3v) is 3.60. The Morgan fingerprint density at radius 3 is 2.70 bits per heavy atom. The zero-order chi connectivity index (χ0) is 16.4. The van der Waals surface area contributed by atoms with Crippen molar-refractivity contribution in [2.24, 2.45) is 0 Å². The van der Waals surface area contributed by atoms with Gasteiger partial charge in [-0.3, -0.25) is 4.79 Å². The minimum atomic E-state index is -0.213. The highest BCUT2D eigenvalue weighted by Crippen LogP contribution is 2.30. The largest absolute Gasteiger partial charge is 0.436 e. The molecule has 2 aromatic carbocycles. The van der Waals surface area contributed by atoms with Crippen LogP contribution in [0, 0.1) is 6.92 Å². The zero-order valence-electron chi connectivity index (χ0n) is 12.7. The van der Waals surface area contributed by atoms with Crippen molar-refractivity contribution in [1.29, 1.82) is 0 Å². The number of aromatic nitrogens is 1. The maximum absolute atomic E-state index is 11.1. The molecule has 3 rings (SSSR count). The summed E-state index contributed by atoms with van der Waals surface area (Å²) < 4.78 is 5.82. The third kappa shape index (κ3) is 3.22. The molecule has 0 saturated heterocycles. The Morgan fingerprint density at radius 2 is 1.96 bits per heavy atom. The second-order valence-corrected chi connectivity index (χ2v) is 5.51. The molecule has 0 atom stereocenters. The normalized spacial score (nSPS) is 10.5. The number of nitrogens with zero attached hydrogens (tertiary/aromatic N) is 1. The van der Waals surface area contributed by atoms with Crippen LogP contribution in [0.3, 0.4) is 0 Å². The van der Waals surface area contributed by atoms with Gasteiger partial charge in [0.1, 0.15) is 5.52 Å². The minimum Gasteiger partial charge on any atom is -0.436 e. The zero-order valence-corrected chi connectivity index (χ0v) is 13.5. The molecule has 0 bridgehead atoms. The number of carbonyl (C=O) groups is 1. The molecule has 2 N–H and O–H groups in total. The van der Waals surface area contributed by atoms with Crippen molar-refractivity contribution in [3.05, 3.63) is 48.0 Å². The average Bonchev–Trinajstić information content (AvgIpc) is 2.92. The second kappa shape index (κ2) is 6.18. The summed E-state index contributed by atoms with van der Waals surface area (Å²) in [5.74, 6) is 0.341. The molecular formula is C17H15N3O2S. The van der Waals surface area contributed by atoms with Crippen molar-refractivity contribution in [1.82, 2.24) is 10.3 Å². The molecule has 1 amide bonds. The number of hydrogen-bond donors (Lipinski definition) is 2. The first-order valence-electron chi connectivity index (χ1n) is 7.09. The van der Waals surface area contributed by atoms with Crippen LogP contribution in [0.15, 0.2) is 46.9 Å². The van der Waals surface area contributed by atoms with Gasteiger partial charge in [-0.2, -0.15) is 0 Å². The second-order valence-electron chi connectivity index (χ2n) is 5.10. The van der Waals surface area contributed by atoms with Crippen molar-refractivity contribution in [3.63, 3.8) is 0 Å². The molecule has 0 saturated carbocycles. The van der Waals surface area contributed by atoms with E-state index in [-0.39, 0.29) is 11.0 Å². The quantitative estimate of drug-likeness (QED) is 0.704. The summed E-state index contributed by atoms with van der Waals surface area (Å²) in [7, 11) is 0. The highest BCUT2D eigenvalue weighted by Gasteiger charge is 2.13. The summed E-state index contributed by atoms with van der Waals surface area (Å²) >= 11 is 5.10. The van der Waals surface area contributed by atoms with Gasteiger partial charge in [0.15, 0.2) is 10.7 Å². The molecule has 116 valence electrons. The van der Waals surface area contributed by atoms with Crippen LogP contribution in [0.2, 0.25) is 0 Å². The van der Waals surface area contributed by atoms with E-state index in [0.717, 1.165) is 27.9 Å². The Hall–Kier alpha value is -2.73. The van der Waals surface area contributed by atoms with Crippen LogP contribution in [-0.4, -0.2) is 16.0 Å². The predicted octanol–water partition coefficient (Wildman–Crippen LogP) is 3.64. The molecule has 0 aliphatic heterocycles. The maximum Gasteiger partial charge on any atom is 0.227 e. The Bertz CT molecular complexity index is 869. The van der Waals surface area contributed by atoms with Crippen molar-refractivity contribution in [2.75, 3.05) is 5.32 Å². The molecule has 0 aliphatic carbocycles. The first kappa shape index (κ1) is 15.2. The lowest BCUT2D eigenvalue weighted by molar-refractivity contribution is -0.117. The lowest BCUT2D eigenvalue weighted by Gasteiger charge is -2.12. The average molecular weight is 325 g/mol. The molecule has 0 radical (unpaired) electrons. The number of oxazole rings is 1. The van der Waals surface area contributed by atoms with Crippen molar-refractivity contribution in [3.8, 4) is 11.5 Å². The molecular weight excluding hydrogens is 310 g/mol. The number of carbonyl (C=O) groups excluding carboxylic acids is 1. The summed E-state index contributed by atoms with van der Waals surface area (Å²) in [6, 6.07) is 13.3. The van der Waals surface area contributed by atoms with Gasteiger partial charge in [0.05, 0.1) is 0 Å². The highest BCUT2D eigenvalue weighted by atomic mass is 32.1. The first-order chi connectivity index (χ1) is 11.0. The topological polar surface area (TPSA) is 67.2 Å². The van der Waals surface area contributed by atoms with Gasteiger partial charge < -0.3 is 15.1 Å². The van der Waals surface area contributed by atoms with Crippen LogP contribution in [0.4, 0.5) is 5.69 Å². The summed E-state index contributed by atoms with van der Waals surface area (Å²) in [6.07, 6.45) is 0. The Labute approximate surface area is 138 Å². The first-order valence-corrected chi connectivity index (χ1v) is 7.49. The predicted molar refractivity (Wildman–Crippen MR) is 94.2 cm³/mol. The molecule has 23 heavy (non-hydrogen) atoms. The summed E-state index contributed by atoms with van der Waals surface area (Å²) in [5, 5.41) is 5.82. The number of nitrogens with one attached hydrogen (secondary N) is 2. The number of anilines is 1. The van der Waals surface area contributed by atoms with Crippen molar-refractivity contribution >= 4 is 40.0 Å². The van der Waals surface area contributed by atoms with Gasteiger partial charge in [-0.15, -0.1) is 0 Å². The lowest BCUT2D eigenvalue weighted by atomic mass is 10.1. The molecule has 0 spiro atoms. The smallest absolute Gasteiger partial charge is 0.227 e. The van der Waals surface area contributed by atoms with Gasteiger partial charge in [0.2, 0.25) is 11.8 Å². The Balaban J connectivity index is 1.96. The monoisotopic (exact) mass is 325 g/mol. The van der Waals surface area contributed by atoms with Gasteiger partial charge in [-0.1, -0.05) is 18.2 Å². The van der Waals surface area contributed by atoms with Gasteiger partial charge in [-0.05, 0) is 49.0 Å². The molecule has 5 nitrogen and oxygen atoms in total. The molecule has 0 aliphatic rings. The van der Waals surface area contributed by atoms with Crippen molar-refractivity contribution < 1.29 is 9.21 Å². The van der Waals surface area contributed by atoms with E-state index >= 15 is 0 Å². The SMILES string of the molecule is CC(=O)NC(=S)Nc1cccc(-c2nc3ccccc3o2)c1C. The van der Waals surface area contributed by atoms with E-state index in [4.69, 9.17) is 16.6 Å². The summed E-state index contributed by atoms with van der Waals surface area (Å²) in [5.41, 5.74) is 4.16. The van der Waals surface area contributed by atoms with E-state index in [1.165, 1.54) is 6.92 Å². The van der Waals surface area contributed by atoms with Crippen LogP contribution in [0.1, 0.15) is 12.5 Å². The molecule has 1 aromatic heterocycles. The van der Waals surface area contributed by atoms with Crippen LogP contribution in [0.5, 0.6) is 0 Å². The van der Waals surface area contributed by atoms with E-state index in [1.807, 2.05) is 49.4 Å². The van der Waals surface area contributed by atoms with Crippen LogP contribution < -0.4 is 10.6 Å². The lowest BCUT2D eigenvalue weighted by Crippen LogP contribution is -2.32. The minimum absolute atomic E-state index is 0.213. The van der Waals surface area contributed by atoms with E-state index in [0.29, 0.717) is 5.89 Å². The van der Waals surface area contributed by atoms with Gasteiger partial charge in [-0.25, -0.2) is 4.98 Å². The number of para-hydroxylation sites is 2. The number of hydrogen-bond acceptors (Lipinski definition) is 4. The van der Waals surface area contributed by atoms with Crippen molar-refractivity contribution in [2.45, 2.75) is 13.8 Å². The maximum atomic E-state index is 11.1. The Morgan fingerprint density at radius 1 is 1.17 bits per heavy atom. The van der Waals surface area contributed by atoms with Crippen LogP contribution in [-0.2, 0) is 4.79 Å². The van der Waals surface area contributed by atoms with Gasteiger partial charge in [0.25, 0.3) is 0 Å². The molecule has 0 unspecified atom stereocenters. The number of rotatable bonds is 2. The van der Waals surface area contributed by atoms with Crippen LogP contribution in [0.25, 0.3) is 22.6 Å². The third-order valence-electron chi connectivity index (χ3n) is 3.40. The van der Waals surface area contributed by atoms with E-state index in [2.05, 4.69) is 15.6 Å². The molecule has 0 fully saturated rings.